The third-order valence-electron chi connectivity index (χ3n) is 1.17. The van der Waals surface area contributed by atoms with E-state index in [2.05, 4.69) is 35.6 Å². The summed E-state index contributed by atoms with van der Waals surface area (Å²) in [6.45, 7) is 2.10. The summed E-state index contributed by atoms with van der Waals surface area (Å²) < 4.78 is 1.08. The van der Waals surface area contributed by atoms with Gasteiger partial charge in [0.1, 0.15) is 5.75 Å². The first-order valence-corrected chi connectivity index (χ1v) is 5.41. The first-order valence-electron chi connectivity index (χ1n) is 3.34. The van der Waals surface area contributed by atoms with E-state index in [4.69, 9.17) is 0 Å². The van der Waals surface area contributed by atoms with E-state index < -0.39 is 0 Å². The van der Waals surface area contributed by atoms with E-state index in [1.807, 2.05) is 0 Å². The molecule has 0 aliphatic heterocycles. The standard InChI is InChI=1S/C8H9IOS/c1-2-11-8-4-6(9)3-7(10)5-8/h3-5,10H,2H2,1H3. The Morgan fingerprint density at radius 3 is 2.73 bits per heavy atom. The number of halogens is 1. The molecule has 0 heterocycles. The second-order valence-electron chi connectivity index (χ2n) is 2.08. The zero-order valence-corrected chi connectivity index (χ0v) is 9.15. The molecule has 0 bridgehead atoms. The molecule has 1 rings (SSSR count). The van der Waals surface area contributed by atoms with Crippen molar-refractivity contribution in [2.45, 2.75) is 11.8 Å². The fourth-order valence-electron chi connectivity index (χ4n) is 0.798. The normalized spacial score (nSPS) is 10.0. The topological polar surface area (TPSA) is 20.2 Å². The third kappa shape index (κ3) is 2.91. The number of benzene rings is 1. The van der Waals surface area contributed by atoms with Crippen LogP contribution in [0.15, 0.2) is 23.1 Å². The molecule has 0 amide bonds. The molecule has 1 aromatic carbocycles. The summed E-state index contributed by atoms with van der Waals surface area (Å²) >= 11 is 3.94. The highest BCUT2D eigenvalue weighted by atomic mass is 127. The van der Waals surface area contributed by atoms with Gasteiger partial charge < -0.3 is 5.11 Å². The summed E-state index contributed by atoms with van der Waals surface area (Å²) in [5.41, 5.74) is 0. The van der Waals surface area contributed by atoms with Gasteiger partial charge in [0.25, 0.3) is 0 Å². The Balaban J connectivity index is 2.89. The minimum Gasteiger partial charge on any atom is -0.508 e. The van der Waals surface area contributed by atoms with Gasteiger partial charge in [-0.15, -0.1) is 11.8 Å². The van der Waals surface area contributed by atoms with E-state index in [1.54, 1.807) is 23.9 Å². The molecule has 1 aromatic rings. The number of rotatable bonds is 2. The molecule has 0 unspecified atom stereocenters. The van der Waals surface area contributed by atoms with Crippen molar-refractivity contribution in [3.8, 4) is 5.75 Å². The Morgan fingerprint density at radius 1 is 1.45 bits per heavy atom. The van der Waals surface area contributed by atoms with Crippen LogP contribution < -0.4 is 0 Å². The molecule has 0 saturated carbocycles. The Labute approximate surface area is 84.3 Å². The number of thioether (sulfide) groups is 1. The SMILES string of the molecule is CCSc1cc(O)cc(I)c1. The smallest absolute Gasteiger partial charge is 0.117 e. The first-order chi connectivity index (χ1) is 5.22. The molecule has 0 aliphatic rings. The zero-order chi connectivity index (χ0) is 8.27. The second kappa shape index (κ2) is 4.21. The van der Waals surface area contributed by atoms with Crippen LogP contribution in [0.1, 0.15) is 6.92 Å². The predicted molar refractivity (Wildman–Crippen MR) is 57.2 cm³/mol. The second-order valence-corrected chi connectivity index (χ2v) is 4.66. The molecule has 0 radical (unpaired) electrons. The summed E-state index contributed by atoms with van der Waals surface area (Å²) in [5, 5.41) is 9.20. The van der Waals surface area contributed by atoms with Crippen LogP contribution in [0, 0.1) is 3.57 Å². The van der Waals surface area contributed by atoms with Gasteiger partial charge in [-0.2, -0.15) is 0 Å². The van der Waals surface area contributed by atoms with Gasteiger partial charge in [0.15, 0.2) is 0 Å². The first kappa shape index (κ1) is 9.19. The van der Waals surface area contributed by atoms with E-state index in [-0.39, 0.29) is 0 Å². The van der Waals surface area contributed by atoms with Gasteiger partial charge in [-0.3, -0.25) is 0 Å². The van der Waals surface area contributed by atoms with Gasteiger partial charge >= 0.3 is 0 Å². The lowest BCUT2D eigenvalue weighted by Gasteiger charge is -1.99. The number of hydrogen-bond acceptors (Lipinski definition) is 2. The lowest BCUT2D eigenvalue weighted by Crippen LogP contribution is -1.76. The predicted octanol–water partition coefficient (Wildman–Crippen LogP) is 3.11. The molecule has 0 fully saturated rings. The molecular formula is C8H9IOS. The molecule has 0 spiro atoms. The van der Waals surface area contributed by atoms with Crippen LogP contribution in [0.2, 0.25) is 0 Å². The minimum atomic E-state index is 0.354. The Hall–Kier alpha value is 0.100. The molecule has 0 atom stereocenters. The van der Waals surface area contributed by atoms with Crippen LogP contribution in [-0.2, 0) is 0 Å². The fourth-order valence-corrected chi connectivity index (χ4v) is 2.41. The fraction of sp³-hybridized carbons (Fsp3) is 0.250. The maximum atomic E-state index is 9.20. The van der Waals surface area contributed by atoms with Crippen molar-refractivity contribution in [1.29, 1.82) is 0 Å². The summed E-state index contributed by atoms with van der Waals surface area (Å²) in [4.78, 5) is 1.14. The van der Waals surface area contributed by atoms with Crippen molar-refractivity contribution >= 4 is 34.4 Å². The van der Waals surface area contributed by atoms with Crippen molar-refractivity contribution in [1.82, 2.24) is 0 Å². The number of phenolic OH excluding ortho intramolecular Hbond substituents is 1. The number of aromatic hydroxyl groups is 1. The molecule has 1 nitrogen and oxygen atoms in total. The molecular weight excluding hydrogens is 271 g/mol. The summed E-state index contributed by atoms with van der Waals surface area (Å²) in [6, 6.07) is 5.60. The molecule has 60 valence electrons. The molecule has 0 aliphatic carbocycles. The van der Waals surface area contributed by atoms with Crippen molar-refractivity contribution in [3.63, 3.8) is 0 Å². The van der Waals surface area contributed by atoms with E-state index in [9.17, 15) is 5.11 Å². The van der Waals surface area contributed by atoms with Gasteiger partial charge in [-0.05, 0) is 46.5 Å². The Bertz CT molecular complexity index is 230. The highest BCUT2D eigenvalue weighted by Crippen LogP contribution is 2.24. The third-order valence-corrected chi connectivity index (χ3v) is 2.65. The monoisotopic (exact) mass is 280 g/mol. The van der Waals surface area contributed by atoms with Crippen molar-refractivity contribution in [3.05, 3.63) is 21.8 Å². The van der Waals surface area contributed by atoms with Gasteiger partial charge in [0.05, 0.1) is 0 Å². The van der Waals surface area contributed by atoms with Crippen LogP contribution in [-0.4, -0.2) is 10.9 Å². The van der Waals surface area contributed by atoms with E-state index in [0.717, 1.165) is 14.2 Å². The van der Waals surface area contributed by atoms with Gasteiger partial charge in [-0.25, -0.2) is 0 Å². The number of hydrogen-bond donors (Lipinski definition) is 1. The lowest BCUT2D eigenvalue weighted by molar-refractivity contribution is 0.473. The minimum absolute atomic E-state index is 0.354. The summed E-state index contributed by atoms with van der Waals surface area (Å²) in [7, 11) is 0. The van der Waals surface area contributed by atoms with Crippen molar-refractivity contribution in [2.24, 2.45) is 0 Å². The van der Waals surface area contributed by atoms with Gasteiger partial charge in [-0.1, -0.05) is 6.92 Å². The number of phenols is 1. The van der Waals surface area contributed by atoms with E-state index in [0.29, 0.717) is 5.75 Å². The van der Waals surface area contributed by atoms with Gasteiger partial charge in [0, 0.05) is 8.47 Å². The average Bonchev–Trinajstić information content (AvgIpc) is 1.85. The largest absolute Gasteiger partial charge is 0.508 e. The van der Waals surface area contributed by atoms with Crippen LogP contribution in [0.4, 0.5) is 0 Å². The van der Waals surface area contributed by atoms with Crippen molar-refractivity contribution in [2.75, 3.05) is 5.75 Å². The Morgan fingerprint density at radius 2 is 2.18 bits per heavy atom. The highest BCUT2D eigenvalue weighted by Gasteiger charge is 1.96. The Kier molecular flexibility index (Phi) is 3.51. The highest BCUT2D eigenvalue weighted by molar-refractivity contribution is 14.1. The van der Waals surface area contributed by atoms with Crippen LogP contribution in [0.3, 0.4) is 0 Å². The van der Waals surface area contributed by atoms with Gasteiger partial charge in [0.2, 0.25) is 0 Å². The average molecular weight is 280 g/mol. The molecule has 11 heavy (non-hydrogen) atoms. The zero-order valence-electron chi connectivity index (χ0n) is 6.17. The van der Waals surface area contributed by atoms with Crippen LogP contribution >= 0.6 is 34.4 Å². The molecule has 1 N–H and O–H groups in total. The van der Waals surface area contributed by atoms with Crippen LogP contribution in [0.5, 0.6) is 5.75 Å². The summed E-state index contributed by atoms with van der Waals surface area (Å²) in [5.74, 6) is 1.40. The summed E-state index contributed by atoms with van der Waals surface area (Å²) in [6.07, 6.45) is 0. The maximum absolute atomic E-state index is 9.20. The van der Waals surface area contributed by atoms with Crippen molar-refractivity contribution < 1.29 is 5.11 Å². The lowest BCUT2D eigenvalue weighted by atomic mass is 10.3. The maximum Gasteiger partial charge on any atom is 0.117 e. The molecule has 0 saturated heterocycles. The van der Waals surface area contributed by atoms with E-state index in [1.165, 1.54) is 0 Å². The molecule has 3 heteroatoms. The van der Waals surface area contributed by atoms with E-state index >= 15 is 0 Å². The molecule has 0 aromatic heterocycles. The quantitative estimate of drug-likeness (QED) is 0.663. The van der Waals surface area contributed by atoms with Crippen LogP contribution in [0.25, 0.3) is 0 Å².